The molecule has 0 unspecified atom stereocenters. The van der Waals surface area contributed by atoms with Gasteiger partial charge in [-0.05, 0) is 25.0 Å². The maximum absolute atomic E-state index is 12.8. The Morgan fingerprint density at radius 1 is 1.07 bits per heavy atom. The summed E-state index contributed by atoms with van der Waals surface area (Å²) in [7, 11) is -3.52. The van der Waals surface area contributed by atoms with Crippen LogP contribution < -0.4 is 10.5 Å². The smallest absolute Gasteiger partial charge is 0.293 e. The number of aryl methyl sites for hydroxylation is 1. The number of sulfonamides is 1. The molecule has 7 nitrogen and oxygen atoms in total. The van der Waals surface area contributed by atoms with Gasteiger partial charge < -0.3 is 9.47 Å². The largest absolute Gasteiger partial charge is 0.349 e. The molecule has 0 aliphatic carbocycles. The van der Waals surface area contributed by atoms with Crippen LogP contribution in [0.2, 0.25) is 0 Å². The number of anilines is 1. The van der Waals surface area contributed by atoms with Crippen LogP contribution in [-0.2, 0) is 16.6 Å². The summed E-state index contributed by atoms with van der Waals surface area (Å²) in [5, 5.41) is 0. The normalized spacial score (nSPS) is 16.1. The minimum Gasteiger partial charge on any atom is -0.349 e. The van der Waals surface area contributed by atoms with Crippen LogP contribution in [0.4, 0.5) is 5.82 Å². The lowest BCUT2D eigenvalue weighted by Crippen LogP contribution is -2.50. The summed E-state index contributed by atoms with van der Waals surface area (Å²) in [4.78, 5) is 19.1. The molecule has 8 heteroatoms. The van der Waals surface area contributed by atoms with Crippen LogP contribution in [-0.4, -0.2) is 48.5 Å². The third kappa shape index (κ3) is 4.22. The second kappa shape index (κ2) is 7.82. The van der Waals surface area contributed by atoms with Crippen molar-refractivity contribution in [3.63, 3.8) is 0 Å². The topological polar surface area (TPSA) is 75.5 Å². The highest BCUT2D eigenvalue weighted by Gasteiger charge is 2.29. The monoisotopic (exact) mass is 390 g/mol. The zero-order chi connectivity index (χ0) is 19.6. The van der Waals surface area contributed by atoms with Crippen molar-refractivity contribution in [3.05, 3.63) is 52.6 Å². The summed E-state index contributed by atoms with van der Waals surface area (Å²) in [5.41, 5.74) is 0.896. The van der Waals surface area contributed by atoms with Crippen LogP contribution >= 0.6 is 0 Å². The molecule has 1 aliphatic rings. The summed E-state index contributed by atoms with van der Waals surface area (Å²) in [6.07, 6.45) is 3.33. The molecule has 1 saturated heterocycles. The van der Waals surface area contributed by atoms with E-state index in [2.05, 4.69) is 18.8 Å². The summed E-state index contributed by atoms with van der Waals surface area (Å²) in [6, 6.07) is 6.88. The Balaban J connectivity index is 1.74. The third-order valence-electron chi connectivity index (χ3n) is 4.65. The Labute approximate surface area is 160 Å². The van der Waals surface area contributed by atoms with Crippen molar-refractivity contribution >= 4 is 15.8 Å². The summed E-state index contributed by atoms with van der Waals surface area (Å²) >= 11 is 0. The lowest BCUT2D eigenvalue weighted by molar-refractivity contribution is 0.382. The molecule has 146 valence electrons. The van der Waals surface area contributed by atoms with E-state index in [0.29, 0.717) is 49.4 Å². The van der Waals surface area contributed by atoms with E-state index in [1.807, 2.05) is 11.8 Å². The van der Waals surface area contributed by atoms with Gasteiger partial charge in [0.15, 0.2) is 5.82 Å². The van der Waals surface area contributed by atoms with Crippen molar-refractivity contribution in [1.82, 2.24) is 13.9 Å². The molecule has 2 heterocycles. The van der Waals surface area contributed by atoms with Gasteiger partial charge in [-0.25, -0.2) is 13.4 Å². The molecule has 0 N–H and O–H groups in total. The number of hydrogen-bond donors (Lipinski definition) is 0. The first-order valence-corrected chi connectivity index (χ1v) is 10.6. The van der Waals surface area contributed by atoms with E-state index >= 15 is 0 Å². The Hall–Kier alpha value is -2.19. The Morgan fingerprint density at radius 3 is 2.30 bits per heavy atom. The molecule has 0 amide bonds. The molecule has 3 rings (SSSR count). The fourth-order valence-electron chi connectivity index (χ4n) is 3.19. The molecule has 0 radical (unpaired) electrons. The van der Waals surface area contributed by atoms with Gasteiger partial charge in [-0.15, -0.1) is 0 Å². The molecule has 1 aromatic heterocycles. The molecular formula is C19H26N4O3S. The maximum atomic E-state index is 12.8. The van der Waals surface area contributed by atoms with Crippen molar-refractivity contribution in [3.8, 4) is 0 Å². The van der Waals surface area contributed by atoms with Crippen molar-refractivity contribution in [2.75, 3.05) is 31.1 Å². The van der Waals surface area contributed by atoms with Gasteiger partial charge in [0.05, 0.1) is 4.90 Å². The number of nitrogens with zero attached hydrogens (tertiary/aromatic N) is 4. The first-order chi connectivity index (χ1) is 12.8. The molecular weight excluding hydrogens is 364 g/mol. The van der Waals surface area contributed by atoms with E-state index in [9.17, 15) is 13.2 Å². The highest BCUT2D eigenvalue weighted by atomic mass is 32.2. The Morgan fingerprint density at radius 2 is 1.70 bits per heavy atom. The van der Waals surface area contributed by atoms with Gasteiger partial charge in [0.25, 0.3) is 5.56 Å². The van der Waals surface area contributed by atoms with Gasteiger partial charge in [0.1, 0.15) is 0 Å². The molecule has 1 fully saturated rings. The minimum atomic E-state index is -3.52. The maximum Gasteiger partial charge on any atom is 0.293 e. The SMILES string of the molecule is Cc1ccc(S(=O)(=O)N2CCN(c3nccn(CC(C)C)c3=O)CC2)cc1. The number of piperazine rings is 1. The van der Waals surface area contributed by atoms with Crippen LogP contribution in [0, 0.1) is 12.8 Å². The molecule has 0 atom stereocenters. The van der Waals surface area contributed by atoms with Gasteiger partial charge in [-0.3, -0.25) is 4.79 Å². The van der Waals surface area contributed by atoms with Gasteiger partial charge in [-0.2, -0.15) is 4.31 Å². The summed E-state index contributed by atoms with van der Waals surface area (Å²) in [5.74, 6) is 0.750. The Bertz CT molecular complexity index is 944. The van der Waals surface area contributed by atoms with Gasteiger partial charge in [0.2, 0.25) is 10.0 Å². The van der Waals surface area contributed by atoms with E-state index in [-0.39, 0.29) is 5.56 Å². The lowest BCUT2D eigenvalue weighted by Gasteiger charge is -2.34. The van der Waals surface area contributed by atoms with E-state index in [1.165, 1.54) is 4.31 Å². The first-order valence-electron chi connectivity index (χ1n) is 9.16. The highest BCUT2D eigenvalue weighted by molar-refractivity contribution is 7.89. The molecule has 1 aliphatic heterocycles. The van der Waals surface area contributed by atoms with Gasteiger partial charge in [-0.1, -0.05) is 31.5 Å². The quantitative estimate of drug-likeness (QED) is 0.777. The van der Waals surface area contributed by atoms with E-state index in [4.69, 9.17) is 0 Å². The lowest BCUT2D eigenvalue weighted by atomic mass is 10.2. The molecule has 0 spiro atoms. The van der Waals surface area contributed by atoms with Crippen molar-refractivity contribution in [1.29, 1.82) is 0 Å². The zero-order valence-corrected chi connectivity index (χ0v) is 16.8. The van der Waals surface area contributed by atoms with Crippen LogP contribution in [0.5, 0.6) is 0 Å². The zero-order valence-electron chi connectivity index (χ0n) is 16.0. The van der Waals surface area contributed by atoms with Crippen molar-refractivity contribution in [2.45, 2.75) is 32.2 Å². The molecule has 27 heavy (non-hydrogen) atoms. The van der Waals surface area contributed by atoms with E-state index in [1.54, 1.807) is 41.2 Å². The number of hydrogen-bond acceptors (Lipinski definition) is 5. The molecule has 1 aromatic carbocycles. The molecule has 0 saturated carbocycles. The fourth-order valence-corrected chi connectivity index (χ4v) is 4.61. The average molecular weight is 391 g/mol. The van der Waals surface area contributed by atoms with Crippen LogP contribution in [0.1, 0.15) is 19.4 Å². The number of benzene rings is 1. The first kappa shape index (κ1) is 19.6. The summed E-state index contributed by atoms with van der Waals surface area (Å²) < 4.78 is 28.8. The van der Waals surface area contributed by atoms with Crippen molar-refractivity contribution < 1.29 is 8.42 Å². The van der Waals surface area contributed by atoms with E-state index < -0.39 is 10.0 Å². The fraction of sp³-hybridized carbons (Fsp3) is 0.474. The molecule has 2 aromatic rings. The van der Waals surface area contributed by atoms with E-state index in [0.717, 1.165) is 5.56 Å². The predicted octanol–water partition coefficient (Wildman–Crippen LogP) is 1.72. The highest BCUT2D eigenvalue weighted by Crippen LogP contribution is 2.19. The second-order valence-electron chi connectivity index (χ2n) is 7.31. The predicted molar refractivity (Wildman–Crippen MR) is 105 cm³/mol. The van der Waals surface area contributed by atoms with Crippen LogP contribution in [0.15, 0.2) is 46.3 Å². The number of aromatic nitrogens is 2. The van der Waals surface area contributed by atoms with Crippen LogP contribution in [0.3, 0.4) is 0 Å². The number of rotatable bonds is 5. The van der Waals surface area contributed by atoms with Crippen LogP contribution in [0.25, 0.3) is 0 Å². The van der Waals surface area contributed by atoms with Gasteiger partial charge in [0, 0.05) is 45.1 Å². The third-order valence-corrected chi connectivity index (χ3v) is 6.57. The standard InChI is InChI=1S/C19H26N4O3S/c1-15(2)14-22-9-8-20-18(19(22)24)21-10-12-23(13-11-21)27(25,26)17-6-4-16(3)5-7-17/h4-9,15H,10-14H2,1-3H3. The molecule has 0 bridgehead atoms. The Kier molecular flexibility index (Phi) is 5.67. The average Bonchev–Trinajstić information content (AvgIpc) is 2.64. The summed E-state index contributed by atoms with van der Waals surface area (Å²) in [6.45, 7) is 8.22. The second-order valence-corrected chi connectivity index (χ2v) is 9.24. The van der Waals surface area contributed by atoms with Gasteiger partial charge >= 0.3 is 0 Å². The van der Waals surface area contributed by atoms with Crippen molar-refractivity contribution in [2.24, 2.45) is 5.92 Å². The minimum absolute atomic E-state index is 0.124.